The van der Waals surface area contributed by atoms with Gasteiger partial charge in [-0.25, -0.2) is 0 Å². The maximum atomic E-state index is 13.6. The number of Topliss-reactive ketones (excluding diaryl/α,β-unsaturated/α-hetero) is 1. The first-order valence-electron chi connectivity index (χ1n) is 13.0. The molecule has 192 valence electrons. The smallest absolute Gasteiger partial charge is 0.306 e. The van der Waals surface area contributed by atoms with Crippen LogP contribution in [0.15, 0.2) is 23.8 Å². The van der Waals surface area contributed by atoms with E-state index in [-0.39, 0.29) is 30.0 Å². The van der Waals surface area contributed by atoms with E-state index in [4.69, 9.17) is 9.47 Å². The first-order valence-corrected chi connectivity index (χ1v) is 13.0. The zero-order valence-corrected chi connectivity index (χ0v) is 21.3. The van der Waals surface area contributed by atoms with Crippen molar-refractivity contribution in [3.63, 3.8) is 0 Å². The lowest BCUT2D eigenvalue weighted by molar-refractivity contribution is -0.201. The number of carbonyl (C=O) groups is 4. The van der Waals surface area contributed by atoms with E-state index in [1.165, 1.54) is 6.92 Å². The van der Waals surface area contributed by atoms with Gasteiger partial charge in [0.05, 0.1) is 6.10 Å². The van der Waals surface area contributed by atoms with Crippen LogP contribution in [0.25, 0.3) is 0 Å². The molecule has 0 amide bonds. The highest BCUT2D eigenvalue weighted by Crippen LogP contribution is 2.67. The molecule has 7 heteroatoms. The van der Waals surface area contributed by atoms with Gasteiger partial charge < -0.3 is 14.6 Å². The van der Waals surface area contributed by atoms with Gasteiger partial charge in [0.25, 0.3) is 0 Å². The second kappa shape index (κ2) is 9.30. The molecule has 0 aromatic rings. The van der Waals surface area contributed by atoms with E-state index in [1.54, 1.807) is 12.2 Å². The number of unbranched alkanes of at least 4 members (excludes halogenated alkanes) is 1. The molecule has 0 spiro atoms. The van der Waals surface area contributed by atoms with Gasteiger partial charge >= 0.3 is 11.9 Å². The zero-order valence-electron chi connectivity index (χ0n) is 21.3. The minimum Gasteiger partial charge on any atom is -0.458 e. The van der Waals surface area contributed by atoms with E-state index in [0.717, 1.165) is 24.8 Å². The average molecular weight is 487 g/mol. The molecule has 4 aliphatic rings. The second-order valence-electron chi connectivity index (χ2n) is 11.4. The molecule has 0 aliphatic heterocycles. The molecule has 4 rings (SSSR count). The Bertz CT molecular complexity index is 980. The summed E-state index contributed by atoms with van der Waals surface area (Å²) in [6.07, 6.45) is 9.17. The Hall–Kier alpha value is -2.28. The highest BCUT2D eigenvalue weighted by molar-refractivity contribution is 6.01. The number of aliphatic hydroxyl groups is 1. The number of hydrogen-bond donors (Lipinski definition) is 1. The molecule has 0 saturated heterocycles. The van der Waals surface area contributed by atoms with E-state index >= 15 is 0 Å². The number of esters is 2. The van der Waals surface area contributed by atoms with Gasteiger partial charge in [0, 0.05) is 30.1 Å². The van der Waals surface area contributed by atoms with Crippen molar-refractivity contribution >= 4 is 23.5 Å². The van der Waals surface area contributed by atoms with Crippen molar-refractivity contribution in [1.29, 1.82) is 0 Å². The number of aliphatic hydroxyl groups excluding tert-OH is 1. The van der Waals surface area contributed by atoms with E-state index in [0.29, 0.717) is 25.7 Å². The van der Waals surface area contributed by atoms with Gasteiger partial charge in [-0.2, -0.15) is 0 Å². The minimum absolute atomic E-state index is 0.0130. The van der Waals surface area contributed by atoms with Crippen LogP contribution in [0, 0.1) is 28.6 Å². The van der Waals surface area contributed by atoms with Crippen LogP contribution in [0.3, 0.4) is 0 Å². The Morgan fingerprint density at radius 3 is 2.63 bits per heavy atom. The molecule has 0 aromatic heterocycles. The summed E-state index contributed by atoms with van der Waals surface area (Å²) in [6, 6.07) is 0. The lowest BCUT2D eigenvalue weighted by Crippen LogP contribution is -2.63. The third kappa shape index (κ3) is 4.09. The zero-order chi connectivity index (χ0) is 25.6. The third-order valence-electron chi connectivity index (χ3n) is 9.50. The lowest BCUT2D eigenvalue weighted by Gasteiger charge is -2.59. The van der Waals surface area contributed by atoms with Crippen LogP contribution in [0.4, 0.5) is 0 Å². The summed E-state index contributed by atoms with van der Waals surface area (Å²) >= 11 is 0. The monoisotopic (exact) mass is 486 g/mol. The number of rotatable bonds is 7. The number of hydrogen-bond acceptors (Lipinski definition) is 7. The molecule has 0 aromatic carbocycles. The maximum absolute atomic E-state index is 13.6. The summed E-state index contributed by atoms with van der Waals surface area (Å²) in [7, 11) is 0. The van der Waals surface area contributed by atoms with Crippen LogP contribution in [0.5, 0.6) is 0 Å². The van der Waals surface area contributed by atoms with Crippen LogP contribution >= 0.6 is 0 Å². The largest absolute Gasteiger partial charge is 0.458 e. The molecule has 3 saturated carbocycles. The normalized spacial score (nSPS) is 39.7. The van der Waals surface area contributed by atoms with Gasteiger partial charge in [0.1, 0.15) is 0 Å². The molecule has 1 N–H and O–H groups in total. The maximum Gasteiger partial charge on any atom is 0.306 e. The standard InChI is InChI=1S/C28H38O7/c1-5-6-7-24(33)35-28(23(32)16-34-17(2)29)13-11-21-20-9-8-18-14-19(30)10-12-26(18,3)25(20)22(31)15-27(21,28)4/h10,12,14,20-22,25,31H,5-9,11,13,15-16H2,1-4H3/t20-,21?,22-,25?,26-,27-,28-/m1/s1. The molecule has 7 nitrogen and oxygen atoms in total. The third-order valence-corrected chi connectivity index (χ3v) is 9.50. The molecule has 2 unspecified atom stereocenters. The Kier molecular flexibility index (Phi) is 6.86. The van der Waals surface area contributed by atoms with Crippen LogP contribution in [-0.2, 0) is 28.7 Å². The molecular formula is C28H38O7. The summed E-state index contributed by atoms with van der Waals surface area (Å²) in [5.74, 6) is -1.31. The molecule has 7 atom stereocenters. The van der Waals surface area contributed by atoms with Crippen LogP contribution in [-0.4, -0.2) is 46.9 Å². The van der Waals surface area contributed by atoms with Crippen molar-refractivity contribution in [1.82, 2.24) is 0 Å². The predicted octanol–water partition coefficient (Wildman–Crippen LogP) is 3.87. The molecule has 3 fully saturated rings. The van der Waals surface area contributed by atoms with Gasteiger partial charge in [0.2, 0.25) is 5.78 Å². The second-order valence-corrected chi connectivity index (χ2v) is 11.4. The first-order chi connectivity index (χ1) is 16.5. The fraction of sp³-hybridized carbons (Fsp3) is 0.714. The van der Waals surface area contributed by atoms with E-state index in [9.17, 15) is 24.3 Å². The van der Waals surface area contributed by atoms with E-state index in [1.807, 2.05) is 19.9 Å². The van der Waals surface area contributed by atoms with Crippen molar-refractivity contribution in [3.05, 3.63) is 23.8 Å². The molecular weight excluding hydrogens is 448 g/mol. The van der Waals surface area contributed by atoms with Crippen molar-refractivity contribution in [2.24, 2.45) is 28.6 Å². The van der Waals surface area contributed by atoms with Crippen LogP contribution < -0.4 is 0 Å². The Morgan fingerprint density at radius 2 is 1.94 bits per heavy atom. The number of fused-ring (bicyclic) bond motifs is 5. The van der Waals surface area contributed by atoms with Crippen molar-refractivity contribution < 1.29 is 33.8 Å². The topological polar surface area (TPSA) is 107 Å². The highest BCUT2D eigenvalue weighted by Gasteiger charge is 2.70. The van der Waals surface area contributed by atoms with Crippen molar-refractivity contribution in [3.8, 4) is 0 Å². The number of ether oxygens (including phenoxy) is 2. The molecule has 0 heterocycles. The Labute approximate surface area is 207 Å². The van der Waals surface area contributed by atoms with Gasteiger partial charge in [0.15, 0.2) is 18.0 Å². The quantitative estimate of drug-likeness (QED) is 0.544. The average Bonchev–Trinajstić information content (AvgIpc) is 3.08. The van der Waals surface area contributed by atoms with Crippen molar-refractivity contribution in [2.45, 2.75) is 90.8 Å². The summed E-state index contributed by atoms with van der Waals surface area (Å²) in [6.45, 7) is 6.86. The molecule has 4 aliphatic carbocycles. The minimum atomic E-state index is -1.43. The van der Waals surface area contributed by atoms with E-state index < -0.39 is 46.9 Å². The summed E-state index contributed by atoms with van der Waals surface area (Å²) in [5, 5.41) is 11.6. The van der Waals surface area contributed by atoms with Gasteiger partial charge in [-0.3, -0.25) is 19.2 Å². The number of carbonyl (C=O) groups excluding carboxylic acids is 4. The van der Waals surface area contributed by atoms with Gasteiger partial charge in [-0.05, 0) is 62.5 Å². The van der Waals surface area contributed by atoms with E-state index in [2.05, 4.69) is 6.92 Å². The van der Waals surface area contributed by atoms with Crippen LogP contribution in [0.1, 0.15) is 79.1 Å². The number of allylic oxidation sites excluding steroid dienone is 4. The lowest BCUT2D eigenvalue weighted by atomic mass is 9.46. The molecule has 0 radical (unpaired) electrons. The Morgan fingerprint density at radius 1 is 1.20 bits per heavy atom. The first kappa shape index (κ1) is 25.8. The fourth-order valence-corrected chi connectivity index (χ4v) is 7.85. The summed E-state index contributed by atoms with van der Waals surface area (Å²) in [5.41, 5.74) is -1.56. The number of ketones is 2. The Balaban J connectivity index is 1.70. The fourth-order valence-electron chi connectivity index (χ4n) is 7.85. The summed E-state index contributed by atoms with van der Waals surface area (Å²) < 4.78 is 11.1. The molecule has 35 heavy (non-hydrogen) atoms. The van der Waals surface area contributed by atoms with Crippen LogP contribution in [0.2, 0.25) is 0 Å². The van der Waals surface area contributed by atoms with Gasteiger partial charge in [-0.1, -0.05) is 38.8 Å². The van der Waals surface area contributed by atoms with Gasteiger partial charge in [-0.15, -0.1) is 0 Å². The highest BCUT2D eigenvalue weighted by atomic mass is 16.6. The predicted molar refractivity (Wildman–Crippen MR) is 128 cm³/mol. The van der Waals surface area contributed by atoms with Crippen molar-refractivity contribution in [2.75, 3.05) is 6.61 Å². The summed E-state index contributed by atoms with van der Waals surface area (Å²) in [4.78, 5) is 50.0. The molecule has 0 bridgehead atoms. The SMILES string of the molecule is CCCCC(=O)O[C@@]1(C(=O)COC(C)=O)CCC2[C@H]3CCC4=CC(=O)C=C[C@@]4(C)C3[C@H](O)C[C@]21C.